The van der Waals surface area contributed by atoms with Crippen molar-refractivity contribution in [3.8, 4) is 0 Å². The van der Waals surface area contributed by atoms with E-state index < -0.39 is 11.9 Å². The molecule has 178 valence electrons. The van der Waals surface area contributed by atoms with Crippen molar-refractivity contribution in [3.05, 3.63) is 57.9 Å². The average molecular weight is 485 g/mol. The number of carbonyl (C=O) groups excluding carboxylic acids is 1. The van der Waals surface area contributed by atoms with Gasteiger partial charge in [-0.15, -0.1) is 0 Å². The lowest BCUT2D eigenvalue weighted by molar-refractivity contribution is 0.0659. The molecule has 1 aromatic carbocycles. The third kappa shape index (κ3) is 5.10. The number of ether oxygens (including phenoxy) is 1. The molecular formula is C24H26ClFN6O2. The van der Waals surface area contributed by atoms with Crippen molar-refractivity contribution in [2.45, 2.75) is 44.7 Å². The van der Waals surface area contributed by atoms with Gasteiger partial charge in [-0.1, -0.05) is 17.7 Å². The Morgan fingerprint density at radius 1 is 1.32 bits per heavy atom. The second-order valence-electron chi connectivity index (χ2n) is 8.84. The molecule has 2 amide bonds. The lowest BCUT2D eigenvalue weighted by atomic mass is 9.96. The van der Waals surface area contributed by atoms with E-state index in [0.29, 0.717) is 43.1 Å². The van der Waals surface area contributed by atoms with E-state index in [-0.39, 0.29) is 11.1 Å². The minimum atomic E-state index is -0.599. The number of amides is 2. The molecule has 10 heteroatoms. The van der Waals surface area contributed by atoms with Gasteiger partial charge in [0.1, 0.15) is 11.6 Å². The Labute approximate surface area is 202 Å². The zero-order valence-electron chi connectivity index (χ0n) is 18.7. The molecule has 0 bridgehead atoms. The average Bonchev–Trinajstić information content (AvgIpc) is 3.39. The van der Waals surface area contributed by atoms with Crippen LogP contribution in [0.25, 0.3) is 0 Å². The number of hydrogen-bond acceptors (Lipinski definition) is 6. The van der Waals surface area contributed by atoms with Gasteiger partial charge in [0, 0.05) is 45.0 Å². The molecule has 1 aromatic heterocycles. The molecule has 0 aliphatic carbocycles. The van der Waals surface area contributed by atoms with Crippen LogP contribution >= 0.6 is 11.6 Å². The van der Waals surface area contributed by atoms with Crippen LogP contribution in [0.1, 0.15) is 47.9 Å². The molecule has 34 heavy (non-hydrogen) atoms. The summed E-state index contributed by atoms with van der Waals surface area (Å²) in [5.74, 6) is 0.809. The fourth-order valence-electron chi connectivity index (χ4n) is 4.56. The first kappa shape index (κ1) is 22.9. The highest BCUT2D eigenvalue weighted by atomic mass is 35.5. The van der Waals surface area contributed by atoms with E-state index in [9.17, 15) is 9.18 Å². The van der Waals surface area contributed by atoms with E-state index in [2.05, 4.69) is 20.5 Å². The van der Waals surface area contributed by atoms with Gasteiger partial charge in [-0.05, 0) is 48.4 Å². The molecule has 0 spiro atoms. The van der Waals surface area contributed by atoms with Crippen LogP contribution in [0.3, 0.4) is 0 Å². The Morgan fingerprint density at radius 2 is 2.18 bits per heavy atom. The summed E-state index contributed by atoms with van der Waals surface area (Å²) in [5.41, 5.74) is 3.17. The smallest absolute Gasteiger partial charge is 0.318 e. The number of nitrogens with zero attached hydrogens (tertiary/aromatic N) is 5. The molecule has 1 saturated heterocycles. The van der Waals surface area contributed by atoms with Gasteiger partial charge in [-0.2, -0.15) is 10.2 Å². The van der Waals surface area contributed by atoms with Crippen molar-refractivity contribution < 1.29 is 13.9 Å². The van der Waals surface area contributed by atoms with E-state index in [0.717, 1.165) is 49.6 Å². The van der Waals surface area contributed by atoms with Crippen molar-refractivity contribution in [2.75, 3.05) is 19.8 Å². The maximum atomic E-state index is 14.1. The van der Waals surface area contributed by atoms with Crippen molar-refractivity contribution >= 4 is 29.6 Å². The van der Waals surface area contributed by atoms with Gasteiger partial charge in [0.25, 0.3) is 0 Å². The van der Waals surface area contributed by atoms with Crippen LogP contribution in [0.5, 0.6) is 0 Å². The number of carbonyl (C=O) groups is 1. The predicted octanol–water partition coefficient (Wildman–Crippen LogP) is 3.88. The van der Waals surface area contributed by atoms with Crippen LogP contribution < -0.4 is 5.32 Å². The number of rotatable bonds is 5. The second kappa shape index (κ2) is 10.1. The summed E-state index contributed by atoms with van der Waals surface area (Å²) >= 11 is 5.85. The molecule has 0 unspecified atom stereocenters. The highest BCUT2D eigenvalue weighted by Gasteiger charge is 2.28. The monoisotopic (exact) mass is 484 g/mol. The van der Waals surface area contributed by atoms with Gasteiger partial charge in [-0.25, -0.2) is 19.2 Å². The number of nitrogens with one attached hydrogen (secondary N) is 1. The molecule has 5 rings (SSSR count). The maximum absolute atomic E-state index is 14.1. The lowest BCUT2D eigenvalue weighted by Crippen LogP contribution is -2.46. The number of halogens is 2. The Kier molecular flexibility index (Phi) is 6.82. The summed E-state index contributed by atoms with van der Waals surface area (Å²) in [6, 6.07) is 3.65. The predicted molar refractivity (Wildman–Crippen MR) is 127 cm³/mol. The van der Waals surface area contributed by atoms with Gasteiger partial charge in [0.15, 0.2) is 0 Å². The van der Waals surface area contributed by atoms with Crippen molar-refractivity contribution in [1.29, 1.82) is 0 Å². The summed E-state index contributed by atoms with van der Waals surface area (Å²) in [5, 5.41) is 11.1. The van der Waals surface area contributed by atoms with Crippen LogP contribution in [0.2, 0.25) is 5.02 Å². The molecule has 1 atom stereocenters. The normalized spacial score (nSPS) is 19.0. The quantitative estimate of drug-likeness (QED) is 0.697. The van der Waals surface area contributed by atoms with Gasteiger partial charge in [0.2, 0.25) is 0 Å². The molecule has 3 aliphatic heterocycles. The van der Waals surface area contributed by atoms with Gasteiger partial charge >= 0.3 is 6.03 Å². The molecule has 8 nitrogen and oxygen atoms in total. The van der Waals surface area contributed by atoms with Crippen LogP contribution in [0, 0.1) is 11.7 Å². The number of benzene rings is 1. The number of fused-ring (bicyclic) bond motifs is 1. The van der Waals surface area contributed by atoms with Gasteiger partial charge < -0.3 is 15.0 Å². The highest BCUT2D eigenvalue weighted by Crippen LogP contribution is 2.25. The first-order chi connectivity index (χ1) is 16.6. The van der Waals surface area contributed by atoms with E-state index in [4.69, 9.17) is 21.3 Å². The van der Waals surface area contributed by atoms with Crippen LogP contribution in [-0.4, -0.2) is 52.6 Å². The molecule has 0 saturated carbocycles. The third-order valence-corrected chi connectivity index (χ3v) is 6.85. The van der Waals surface area contributed by atoms with Crippen molar-refractivity contribution in [3.63, 3.8) is 0 Å². The molecule has 0 radical (unpaired) electrons. The van der Waals surface area contributed by atoms with E-state index >= 15 is 0 Å². The van der Waals surface area contributed by atoms with E-state index in [1.165, 1.54) is 12.1 Å². The fourth-order valence-corrected chi connectivity index (χ4v) is 4.67. The molecule has 1 N–H and O–H groups in total. The molecule has 3 aliphatic rings. The van der Waals surface area contributed by atoms with Gasteiger partial charge in [0.05, 0.1) is 29.0 Å². The summed E-state index contributed by atoms with van der Waals surface area (Å²) in [6.45, 7) is 2.53. The summed E-state index contributed by atoms with van der Waals surface area (Å²) in [4.78, 5) is 24.3. The number of aromatic nitrogens is 2. The summed E-state index contributed by atoms with van der Waals surface area (Å²) < 4.78 is 19.6. The zero-order chi connectivity index (χ0) is 23.5. The van der Waals surface area contributed by atoms with E-state index in [1.54, 1.807) is 17.2 Å². The molecular weight excluding hydrogens is 459 g/mol. The Morgan fingerprint density at radius 3 is 2.94 bits per heavy atom. The van der Waals surface area contributed by atoms with E-state index in [1.807, 2.05) is 6.20 Å². The summed E-state index contributed by atoms with van der Waals surface area (Å²) in [7, 11) is 0. The van der Waals surface area contributed by atoms with Crippen LogP contribution in [0.4, 0.5) is 9.18 Å². The fraction of sp³-hybridized carbons (Fsp3) is 0.458. The molecule has 1 fully saturated rings. The Hall–Kier alpha value is -2.91. The Bertz CT molecular complexity index is 1130. The minimum Gasteiger partial charge on any atom is -0.381 e. The third-order valence-electron chi connectivity index (χ3n) is 6.54. The summed E-state index contributed by atoms with van der Waals surface area (Å²) in [6.07, 6.45) is 7.60. The van der Waals surface area contributed by atoms with Gasteiger partial charge in [-0.3, -0.25) is 0 Å². The Balaban J connectivity index is 1.29. The minimum absolute atomic E-state index is 0.0299. The molecule has 2 aromatic rings. The maximum Gasteiger partial charge on any atom is 0.318 e. The second-order valence-corrected chi connectivity index (χ2v) is 9.25. The zero-order valence-corrected chi connectivity index (χ0v) is 19.5. The van der Waals surface area contributed by atoms with Crippen molar-refractivity contribution in [2.24, 2.45) is 16.1 Å². The van der Waals surface area contributed by atoms with Crippen LogP contribution in [-0.2, 0) is 24.1 Å². The molecule has 4 heterocycles. The highest BCUT2D eigenvalue weighted by molar-refractivity contribution is 6.30. The lowest BCUT2D eigenvalue weighted by Gasteiger charge is -2.30. The largest absolute Gasteiger partial charge is 0.381 e. The standard InChI is InChI=1S/C24H26ClFN6O2/c25-18-2-1-16(12-19(18)26)23(20-3-7-28-31-20)30-24(33)32-8-4-17-13-27-22(29-21(17)14-32)11-15-5-9-34-10-6-15/h1-2,7,12-13,15,23H,3-6,8-11,14H2,(H,30,33)/t23-/m0/s1. The first-order valence-electron chi connectivity index (χ1n) is 11.6. The van der Waals surface area contributed by atoms with Crippen molar-refractivity contribution in [1.82, 2.24) is 20.2 Å². The topological polar surface area (TPSA) is 92.1 Å². The number of hydrogen-bond donors (Lipinski definition) is 1. The number of urea groups is 1. The first-order valence-corrected chi connectivity index (χ1v) is 11.9. The SMILES string of the molecule is O=C(N[C@H](C1=NN=CC1)c1ccc(Cl)c(F)c1)N1CCc2cnc(CC3CCOCC3)nc2C1. The van der Waals surface area contributed by atoms with Crippen LogP contribution in [0.15, 0.2) is 34.6 Å².